The summed E-state index contributed by atoms with van der Waals surface area (Å²) in [4.78, 5) is 23.4. The predicted octanol–water partition coefficient (Wildman–Crippen LogP) is 2.63. The molecule has 0 aliphatic rings. The Hall–Kier alpha value is -3.02. The van der Waals surface area contributed by atoms with Crippen molar-refractivity contribution in [1.82, 2.24) is 5.32 Å². The number of carbonyl (C=O) groups excluding carboxylic acids is 2. The number of anilines is 1. The Morgan fingerprint density at radius 2 is 1.68 bits per heavy atom. The molecule has 0 spiro atoms. The second-order valence-electron chi connectivity index (χ2n) is 4.27. The fourth-order valence-corrected chi connectivity index (χ4v) is 1.75. The molecule has 114 valence electrons. The highest BCUT2D eigenvalue weighted by molar-refractivity contribution is 6.00. The summed E-state index contributed by atoms with van der Waals surface area (Å²) in [6.07, 6.45) is 0. The van der Waals surface area contributed by atoms with Gasteiger partial charge in [0.2, 0.25) is 0 Å². The fourth-order valence-electron chi connectivity index (χ4n) is 1.75. The molecule has 0 bridgehead atoms. The lowest BCUT2D eigenvalue weighted by Crippen LogP contribution is -2.32. The lowest BCUT2D eigenvalue weighted by molar-refractivity contribution is 0.0602. The Bertz CT molecular complexity index is 644. The second-order valence-corrected chi connectivity index (χ2v) is 4.27. The van der Waals surface area contributed by atoms with Crippen LogP contribution in [0.15, 0.2) is 54.6 Å². The maximum absolute atomic E-state index is 11.8. The molecule has 0 aliphatic carbocycles. The van der Waals surface area contributed by atoms with Crippen LogP contribution in [-0.2, 0) is 4.74 Å². The summed E-state index contributed by atoms with van der Waals surface area (Å²) >= 11 is 0. The number of carbonyl (C=O) groups is 2. The van der Waals surface area contributed by atoms with Crippen LogP contribution in [-0.4, -0.2) is 25.8 Å². The quantitative estimate of drug-likeness (QED) is 0.657. The van der Waals surface area contributed by atoms with Crippen LogP contribution in [0.3, 0.4) is 0 Å². The molecule has 0 aromatic heterocycles. The first-order valence-electron chi connectivity index (χ1n) is 6.61. The van der Waals surface area contributed by atoms with Crippen molar-refractivity contribution >= 4 is 17.7 Å². The van der Waals surface area contributed by atoms with Gasteiger partial charge in [-0.1, -0.05) is 30.3 Å². The van der Waals surface area contributed by atoms with E-state index in [-0.39, 0.29) is 12.3 Å². The Balaban J connectivity index is 1.88. The highest BCUT2D eigenvalue weighted by Gasteiger charge is 2.12. The van der Waals surface area contributed by atoms with Crippen molar-refractivity contribution in [2.45, 2.75) is 0 Å². The van der Waals surface area contributed by atoms with Gasteiger partial charge in [0.05, 0.1) is 18.4 Å². The molecular formula is C16H16N2O4. The first-order valence-corrected chi connectivity index (χ1v) is 6.61. The molecule has 2 aromatic rings. The van der Waals surface area contributed by atoms with Crippen LogP contribution >= 0.6 is 0 Å². The van der Waals surface area contributed by atoms with Gasteiger partial charge in [-0.25, -0.2) is 9.59 Å². The van der Waals surface area contributed by atoms with Crippen molar-refractivity contribution in [3.8, 4) is 5.75 Å². The SMILES string of the molecule is COC(=O)c1ccccc1NC(=O)NCOc1ccccc1. The molecule has 2 aromatic carbocycles. The zero-order chi connectivity index (χ0) is 15.8. The van der Waals surface area contributed by atoms with Gasteiger partial charge in [0, 0.05) is 0 Å². The van der Waals surface area contributed by atoms with Gasteiger partial charge in [-0.15, -0.1) is 0 Å². The number of para-hydroxylation sites is 2. The molecule has 6 heteroatoms. The molecule has 0 aliphatic heterocycles. The minimum absolute atomic E-state index is 0.0102. The van der Waals surface area contributed by atoms with Crippen molar-refractivity contribution in [2.75, 3.05) is 19.2 Å². The molecule has 0 fully saturated rings. The minimum Gasteiger partial charge on any atom is -0.473 e. The number of nitrogens with one attached hydrogen (secondary N) is 2. The molecule has 0 radical (unpaired) electrons. The number of esters is 1. The van der Waals surface area contributed by atoms with E-state index in [0.717, 1.165) is 0 Å². The largest absolute Gasteiger partial charge is 0.473 e. The smallest absolute Gasteiger partial charge is 0.339 e. The van der Waals surface area contributed by atoms with E-state index < -0.39 is 12.0 Å². The summed E-state index contributed by atoms with van der Waals surface area (Å²) in [5.74, 6) is 0.134. The van der Waals surface area contributed by atoms with Crippen LogP contribution in [0.1, 0.15) is 10.4 Å². The molecule has 22 heavy (non-hydrogen) atoms. The van der Waals surface area contributed by atoms with Crippen molar-refractivity contribution < 1.29 is 19.1 Å². The monoisotopic (exact) mass is 300 g/mol. The van der Waals surface area contributed by atoms with Crippen LogP contribution < -0.4 is 15.4 Å². The van der Waals surface area contributed by atoms with Gasteiger partial charge in [0.1, 0.15) is 5.75 Å². The number of urea groups is 1. The van der Waals surface area contributed by atoms with E-state index in [2.05, 4.69) is 15.4 Å². The molecule has 0 atom stereocenters. The number of ether oxygens (including phenoxy) is 2. The zero-order valence-corrected chi connectivity index (χ0v) is 12.0. The maximum Gasteiger partial charge on any atom is 0.339 e. The molecule has 6 nitrogen and oxygen atoms in total. The van der Waals surface area contributed by atoms with Crippen LogP contribution in [0.5, 0.6) is 5.75 Å². The minimum atomic E-state index is -0.517. The van der Waals surface area contributed by atoms with Gasteiger partial charge in [-0.3, -0.25) is 0 Å². The van der Waals surface area contributed by atoms with Gasteiger partial charge in [-0.05, 0) is 24.3 Å². The molecule has 0 heterocycles. The van der Waals surface area contributed by atoms with E-state index in [1.807, 2.05) is 18.2 Å². The van der Waals surface area contributed by atoms with E-state index in [9.17, 15) is 9.59 Å². The number of rotatable bonds is 5. The van der Waals surface area contributed by atoms with Crippen LogP contribution in [0, 0.1) is 0 Å². The van der Waals surface area contributed by atoms with Crippen molar-refractivity contribution in [3.05, 3.63) is 60.2 Å². The highest BCUT2D eigenvalue weighted by Crippen LogP contribution is 2.15. The summed E-state index contributed by atoms with van der Waals surface area (Å²) in [7, 11) is 1.28. The number of benzene rings is 2. The van der Waals surface area contributed by atoms with Gasteiger partial charge in [0.15, 0.2) is 6.73 Å². The van der Waals surface area contributed by atoms with Crippen molar-refractivity contribution in [3.63, 3.8) is 0 Å². The van der Waals surface area contributed by atoms with E-state index in [0.29, 0.717) is 11.4 Å². The summed E-state index contributed by atoms with van der Waals surface area (Å²) in [5.41, 5.74) is 0.649. The average Bonchev–Trinajstić information content (AvgIpc) is 2.55. The van der Waals surface area contributed by atoms with E-state index in [1.54, 1.807) is 36.4 Å². The lowest BCUT2D eigenvalue weighted by atomic mass is 10.2. The number of amides is 2. The third-order valence-corrected chi connectivity index (χ3v) is 2.80. The number of hydrogen-bond donors (Lipinski definition) is 2. The van der Waals surface area contributed by atoms with Gasteiger partial charge < -0.3 is 20.1 Å². The second kappa shape index (κ2) is 7.68. The first-order chi connectivity index (χ1) is 10.7. The molecule has 2 amide bonds. The summed E-state index contributed by atoms with van der Waals surface area (Å²) in [6.45, 7) is 0.0102. The maximum atomic E-state index is 11.8. The van der Waals surface area contributed by atoms with Gasteiger partial charge in [0.25, 0.3) is 0 Å². The van der Waals surface area contributed by atoms with Gasteiger partial charge >= 0.3 is 12.0 Å². The highest BCUT2D eigenvalue weighted by atomic mass is 16.5. The van der Waals surface area contributed by atoms with Crippen LogP contribution in [0.4, 0.5) is 10.5 Å². The Kier molecular flexibility index (Phi) is 5.37. The Labute approximate surface area is 128 Å². The first kappa shape index (κ1) is 15.4. The van der Waals surface area contributed by atoms with Crippen LogP contribution in [0.2, 0.25) is 0 Å². The normalized spacial score (nSPS) is 9.68. The fraction of sp³-hybridized carbons (Fsp3) is 0.125. The van der Waals surface area contributed by atoms with Crippen molar-refractivity contribution in [1.29, 1.82) is 0 Å². The van der Waals surface area contributed by atoms with Gasteiger partial charge in [-0.2, -0.15) is 0 Å². The Morgan fingerprint density at radius 1 is 1.00 bits per heavy atom. The van der Waals surface area contributed by atoms with E-state index in [1.165, 1.54) is 7.11 Å². The van der Waals surface area contributed by atoms with Crippen LogP contribution in [0.25, 0.3) is 0 Å². The third kappa shape index (κ3) is 4.24. The molecule has 0 saturated heterocycles. The summed E-state index contributed by atoms with van der Waals surface area (Å²) in [6, 6.07) is 15.2. The lowest BCUT2D eigenvalue weighted by Gasteiger charge is -2.11. The average molecular weight is 300 g/mol. The molecule has 2 N–H and O–H groups in total. The number of methoxy groups -OCH3 is 1. The summed E-state index contributed by atoms with van der Waals surface area (Å²) < 4.78 is 10.0. The topological polar surface area (TPSA) is 76.7 Å². The molecule has 0 saturated carbocycles. The number of hydrogen-bond acceptors (Lipinski definition) is 4. The van der Waals surface area contributed by atoms with Crippen molar-refractivity contribution in [2.24, 2.45) is 0 Å². The Morgan fingerprint density at radius 3 is 2.41 bits per heavy atom. The zero-order valence-electron chi connectivity index (χ0n) is 12.0. The predicted molar refractivity (Wildman–Crippen MR) is 81.9 cm³/mol. The molecular weight excluding hydrogens is 284 g/mol. The molecule has 2 rings (SSSR count). The van der Waals surface area contributed by atoms with E-state index >= 15 is 0 Å². The molecule has 0 unspecified atom stereocenters. The summed E-state index contributed by atoms with van der Waals surface area (Å²) in [5, 5.41) is 5.12. The third-order valence-electron chi connectivity index (χ3n) is 2.80. The standard InChI is InChI=1S/C16H16N2O4/c1-21-15(19)13-9-5-6-10-14(13)18-16(20)17-11-22-12-7-3-2-4-8-12/h2-10H,11H2,1H3,(H2,17,18,20). The van der Waals surface area contributed by atoms with E-state index in [4.69, 9.17) is 4.74 Å².